The van der Waals surface area contributed by atoms with Crippen molar-refractivity contribution in [2.24, 2.45) is 11.8 Å². The Morgan fingerprint density at radius 1 is 1.26 bits per heavy atom. The summed E-state index contributed by atoms with van der Waals surface area (Å²) in [5, 5.41) is 9.16. The Morgan fingerprint density at radius 2 is 1.84 bits per heavy atom. The van der Waals surface area contributed by atoms with Gasteiger partial charge in [-0.05, 0) is 44.6 Å². The third-order valence-electron chi connectivity index (χ3n) is 4.79. The molecular formula is C16H25NO2. The summed E-state index contributed by atoms with van der Waals surface area (Å²) < 4.78 is 2.19. The number of carboxylic acid groups (broad SMARTS) is 1. The van der Waals surface area contributed by atoms with E-state index in [0.29, 0.717) is 11.5 Å². The summed E-state index contributed by atoms with van der Waals surface area (Å²) in [5.41, 5.74) is 2.44. The zero-order chi connectivity index (χ0) is 14.0. The average molecular weight is 263 g/mol. The van der Waals surface area contributed by atoms with E-state index in [9.17, 15) is 4.79 Å². The number of aromatic nitrogens is 1. The molecule has 1 aromatic rings. The van der Waals surface area contributed by atoms with E-state index in [1.807, 2.05) is 13.8 Å². The molecule has 19 heavy (non-hydrogen) atoms. The van der Waals surface area contributed by atoms with Gasteiger partial charge in [0.05, 0.1) is 5.56 Å². The first kappa shape index (κ1) is 14.2. The minimum Gasteiger partial charge on any atom is -0.478 e. The summed E-state index contributed by atoms with van der Waals surface area (Å²) in [6, 6.07) is 1.80. The number of hydrogen-bond acceptors (Lipinski definition) is 1. The minimum atomic E-state index is -0.811. The highest BCUT2D eigenvalue weighted by Gasteiger charge is 2.22. The Morgan fingerprint density at radius 3 is 2.32 bits per heavy atom. The third-order valence-corrected chi connectivity index (χ3v) is 4.79. The van der Waals surface area contributed by atoms with Crippen LogP contribution in [0.3, 0.4) is 0 Å². The summed E-state index contributed by atoms with van der Waals surface area (Å²) in [5.74, 6) is 0.820. The summed E-state index contributed by atoms with van der Waals surface area (Å²) in [6.07, 6.45) is 6.56. The molecule has 0 radical (unpaired) electrons. The van der Waals surface area contributed by atoms with Gasteiger partial charge in [-0.3, -0.25) is 0 Å². The molecule has 1 aliphatic rings. The van der Waals surface area contributed by atoms with Crippen LogP contribution in [0.25, 0.3) is 0 Å². The first-order valence-corrected chi connectivity index (χ1v) is 7.43. The van der Waals surface area contributed by atoms with Crippen LogP contribution in [0.4, 0.5) is 0 Å². The smallest absolute Gasteiger partial charge is 0.337 e. The van der Waals surface area contributed by atoms with E-state index in [1.54, 1.807) is 6.07 Å². The van der Waals surface area contributed by atoms with Gasteiger partial charge in [-0.2, -0.15) is 0 Å². The van der Waals surface area contributed by atoms with Crippen molar-refractivity contribution in [2.45, 2.75) is 59.4 Å². The van der Waals surface area contributed by atoms with Gasteiger partial charge in [0.25, 0.3) is 0 Å². The van der Waals surface area contributed by atoms with Gasteiger partial charge in [0.15, 0.2) is 0 Å². The molecule has 0 aliphatic heterocycles. The number of carbonyl (C=O) groups is 1. The van der Waals surface area contributed by atoms with Crippen LogP contribution in [-0.2, 0) is 6.54 Å². The molecule has 1 N–H and O–H groups in total. The normalized spacial score (nSPS) is 23.5. The average Bonchev–Trinajstić information content (AvgIpc) is 2.68. The molecule has 0 aromatic carbocycles. The number of hydrogen-bond donors (Lipinski definition) is 1. The summed E-state index contributed by atoms with van der Waals surface area (Å²) in [7, 11) is 0. The summed E-state index contributed by atoms with van der Waals surface area (Å²) in [6.45, 7) is 7.21. The van der Waals surface area contributed by atoms with Gasteiger partial charge in [-0.1, -0.05) is 26.2 Å². The van der Waals surface area contributed by atoms with Crippen LogP contribution in [0.5, 0.6) is 0 Å². The maximum atomic E-state index is 11.1. The lowest BCUT2D eigenvalue weighted by atomic mass is 9.81. The lowest BCUT2D eigenvalue weighted by Gasteiger charge is -2.28. The van der Waals surface area contributed by atoms with Crippen LogP contribution < -0.4 is 0 Å². The fourth-order valence-corrected chi connectivity index (χ4v) is 3.38. The molecule has 2 rings (SSSR count). The van der Waals surface area contributed by atoms with Crippen molar-refractivity contribution >= 4 is 5.97 Å². The van der Waals surface area contributed by atoms with Crippen molar-refractivity contribution < 1.29 is 9.90 Å². The molecular weight excluding hydrogens is 238 g/mol. The van der Waals surface area contributed by atoms with Crippen LogP contribution in [0.2, 0.25) is 0 Å². The van der Waals surface area contributed by atoms with Crippen molar-refractivity contribution in [2.75, 3.05) is 0 Å². The zero-order valence-corrected chi connectivity index (χ0v) is 12.3. The molecule has 1 saturated carbocycles. The van der Waals surface area contributed by atoms with Crippen molar-refractivity contribution in [1.29, 1.82) is 0 Å². The molecule has 0 spiro atoms. The summed E-state index contributed by atoms with van der Waals surface area (Å²) >= 11 is 0. The van der Waals surface area contributed by atoms with E-state index in [-0.39, 0.29) is 0 Å². The fourth-order valence-electron chi connectivity index (χ4n) is 3.38. The number of rotatable bonds is 4. The predicted molar refractivity (Wildman–Crippen MR) is 76.6 cm³/mol. The van der Waals surface area contributed by atoms with Crippen LogP contribution >= 0.6 is 0 Å². The van der Waals surface area contributed by atoms with Gasteiger partial charge in [-0.25, -0.2) is 4.79 Å². The molecule has 0 saturated heterocycles. The second-order valence-corrected chi connectivity index (χ2v) is 6.00. The number of aromatic carboxylic acids is 1. The quantitative estimate of drug-likeness (QED) is 0.891. The van der Waals surface area contributed by atoms with E-state index < -0.39 is 5.97 Å². The Hall–Kier alpha value is -1.25. The topological polar surface area (TPSA) is 42.2 Å². The van der Waals surface area contributed by atoms with Gasteiger partial charge in [0.1, 0.15) is 0 Å². The third kappa shape index (κ3) is 3.02. The Bertz CT molecular complexity index is 454. The molecule has 1 fully saturated rings. The monoisotopic (exact) mass is 263 g/mol. The minimum absolute atomic E-state index is 0.458. The molecule has 0 amide bonds. The SMILES string of the molecule is CCC1CCC(Cn2c(C)cc(C(=O)O)c2C)CC1. The van der Waals surface area contributed by atoms with Crippen LogP contribution in [0, 0.1) is 25.7 Å². The van der Waals surface area contributed by atoms with Gasteiger partial charge in [0, 0.05) is 17.9 Å². The molecule has 0 bridgehead atoms. The number of carboxylic acids is 1. The molecule has 1 aliphatic carbocycles. The highest BCUT2D eigenvalue weighted by Crippen LogP contribution is 2.32. The van der Waals surface area contributed by atoms with E-state index in [2.05, 4.69) is 11.5 Å². The second-order valence-electron chi connectivity index (χ2n) is 6.00. The predicted octanol–water partition coefficient (Wildman–Crippen LogP) is 4.02. The van der Waals surface area contributed by atoms with Crippen molar-refractivity contribution in [3.05, 3.63) is 23.0 Å². The maximum Gasteiger partial charge on any atom is 0.337 e. The van der Waals surface area contributed by atoms with Gasteiger partial charge in [-0.15, -0.1) is 0 Å². The van der Waals surface area contributed by atoms with E-state index in [0.717, 1.165) is 23.9 Å². The van der Waals surface area contributed by atoms with Crippen molar-refractivity contribution in [3.8, 4) is 0 Å². The first-order chi connectivity index (χ1) is 9.02. The zero-order valence-electron chi connectivity index (χ0n) is 12.3. The van der Waals surface area contributed by atoms with E-state index >= 15 is 0 Å². The Labute approximate surface area is 115 Å². The van der Waals surface area contributed by atoms with Gasteiger partial charge < -0.3 is 9.67 Å². The Balaban J connectivity index is 2.06. The Kier molecular flexibility index (Phi) is 4.33. The van der Waals surface area contributed by atoms with Gasteiger partial charge >= 0.3 is 5.97 Å². The van der Waals surface area contributed by atoms with Crippen LogP contribution in [0.15, 0.2) is 6.07 Å². The van der Waals surface area contributed by atoms with Gasteiger partial charge in [0.2, 0.25) is 0 Å². The lowest BCUT2D eigenvalue weighted by molar-refractivity contribution is 0.0696. The molecule has 1 aromatic heterocycles. The number of nitrogens with zero attached hydrogens (tertiary/aromatic N) is 1. The highest BCUT2D eigenvalue weighted by atomic mass is 16.4. The fraction of sp³-hybridized carbons (Fsp3) is 0.688. The molecule has 0 atom stereocenters. The van der Waals surface area contributed by atoms with Crippen LogP contribution in [-0.4, -0.2) is 15.6 Å². The lowest BCUT2D eigenvalue weighted by Crippen LogP contribution is -2.20. The molecule has 0 unspecified atom stereocenters. The molecule has 3 nitrogen and oxygen atoms in total. The van der Waals surface area contributed by atoms with Crippen molar-refractivity contribution in [3.63, 3.8) is 0 Å². The highest BCUT2D eigenvalue weighted by molar-refractivity contribution is 5.89. The molecule has 3 heteroatoms. The second kappa shape index (κ2) is 5.81. The van der Waals surface area contributed by atoms with E-state index in [4.69, 9.17) is 5.11 Å². The molecule has 1 heterocycles. The molecule has 106 valence electrons. The maximum absolute atomic E-state index is 11.1. The largest absolute Gasteiger partial charge is 0.478 e. The van der Waals surface area contributed by atoms with Crippen LogP contribution in [0.1, 0.15) is 60.8 Å². The number of aryl methyl sites for hydroxylation is 1. The van der Waals surface area contributed by atoms with E-state index in [1.165, 1.54) is 32.1 Å². The van der Waals surface area contributed by atoms with Crippen molar-refractivity contribution in [1.82, 2.24) is 4.57 Å². The summed E-state index contributed by atoms with van der Waals surface area (Å²) in [4.78, 5) is 11.1. The standard InChI is InChI=1S/C16H25NO2/c1-4-13-5-7-14(8-6-13)10-17-11(2)9-15(12(17)3)16(18)19/h9,13-14H,4-8,10H2,1-3H3,(H,18,19). The first-order valence-electron chi connectivity index (χ1n) is 7.43.